The van der Waals surface area contributed by atoms with Crippen LogP contribution in [0.15, 0.2) is 27.6 Å². The highest BCUT2D eigenvalue weighted by molar-refractivity contribution is 9.10. The van der Waals surface area contributed by atoms with Gasteiger partial charge in [-0.05, 0) is 49.1 Å². The summed E-state index contributed by atoms with van der Waals surface area (Å²) in [5.41, 5.74) is 7.07. The van der Waals surface area contributed by atoms with E-state index in [-0.39, 0.29) is 0 Å². The molecule has 0 saturated carbocycles. The monoisotopic (exact) mass is 271 g/mol. The molecule has 1 aliphatic rings. The van der Waals surface area contributed by atoms with Crippen LogP contribution < -0.4 is 5.73 Å². The fourth-order valence-electron chi connectivity index (χ4n) is 1.85. The van der Waals surface area contributed by atoms with Crippen molar-refractivity contribution in [3.8, 4) is 0 Å². The molecule has 1 aromatic rings. The van der Waals surface area contributed by atoms with Gasteiger partial charge in [0.05, 0.1) is 0 Å². The Morgan fingerprint density at radius 2 is 2.36 bits per heavy atom. The first-order valence-corrected chi connectivity index (χ1v) is 6.68. The second-order valence-corrected chi connectivity index (χ2v) is 5.69. The second-order valence-electron chi connectivity index (χ2n) is 3.71. The third kappa shape index (κ3) is 2.33. The van der Waals surface area contributed by atoms with Gasteiger partial charge in [-0.1, -0.05) is 15.9 Å². The Morgan fingerprint density at radius 1 is 1.50 bits per heavy atom. The summed E-state index contributed by atoms with van der Waals surface area (Å²) < 4.78 is 1.19. The van der Waals surface area contributed by atoms with Crippen molar-refractivity contribution >= 4 is 27.7 Å². The Balaban J connectivity index is 2.16. The molecule has 0 bridgehead atoms. The molecule has 2 rings (SSSR count). The van der Waals surface area contributed by atoms with Gasteiger partial charge in [0, 0.05) is 15.1 Å². The largest absolute Gasteiger partial charge is 0.330 e. The van der Waals surface area contributed by atoms with E-state index in [1.807, 2.05) is 11.8 Å². The first-order valence-electron chi connectivity index (χ1n) is 4.91. The summed E-state index contributed by atoms with van der Waals surface area (Å²) in [5, 5.41) is 0. The van der Waals surface area contributed by atoms with Crippen LogP contribution in [0.25, 0.3) is 0 Å². The normalized spacial score (nSPS) is 20.6. The first kappa shape index (κ1) is 10.5. The Bertz CT molecular complexity index is 327. The van der Waals surface area contributed by atoms with Gasteiger partial charge in [-0.25, -0.2) is 0 Å². The number of thioether (sulfide) groups is 1. The maximum atomic E-state index is 5.59. The third-order valence-electron chi connectivity index (χ3n) is 2.58. The maximum Gasteiger partial charge on any atom is 0.0178 e. The molecule has 3 heteroatoms. The van der Waals surface area contributed by atoms with Gasteiger partial charge >= 0.3 is 0 Å². The van der Waals surface area contributed by atoms with E-state index in [1.165, 1.54) is 27.1 Å². The summed E-state index contributed by atoms with van der Waals surface area (Å²) in [6, 6.07) is 6.57. The molecule has 1 aliphatic heterocycles. The molecule has 1 heterocycles. The summed E-state index contributed by atoms with van der Waals surface area (Å²) in [5.74, 6) is 2.00. The zero-order valence-corrected chi connectivity index (χ0v) is 10.4. The van der Waals surface area contributed by atoms with Crippen LogP contribution >= 0.6 is 27.7 Å². The zero-order valence-electron chi connectivity index (χ0n) is 8.00. The van der Waals surface area contributed by atoms with Gasteiger partial charge in [-0.2, -0.15) is 0 Å². The first-order chi connectivity index (χ1) is 6.79. The molecule has 1 nitrogen and oxygen atoms in total. The summed E-state index contributed by atoms with van der Waals surface area (Å²) in [7, 11) is 0. The predicted molar refractivity (Wildman–Crippen MR) is 65.7 cm³/mol. The average molecular weight is 272 g/mol. The van der Waals surface area contributed by atoms with E-state index in [0.29, 0.717) is 0 Å². The summed E-state index contributed by atoms with van der Waals surface area (Å²) in [6.45, 7) is 0.814. The van der Waals surface area contributed by atoms with Crippen molar-refractivity contribution < 1.29 is 0 Å². The van der Waals surface area contributed by atoms with Gasteiger partial charge in [0.25, 0.3) is 0 Å². The summed E-state index contributed by atoms with van der Waals surface area (Å²) in [6.07, 6.45) is 2.35. The second kappa shape index (κ2) is 4.69. The van der Waals surface area contributed by atoms with Crippen LogP contribution in [0, 0.1) is 5.92 Å². The number of halogens is 1. The van der Waals surface area contributed by atoms with Crippen LogP contribution in [-0.4, -0.2) is 12.3 Å². The Kier molecular flexibility index (Phi) is 3.52. The van der Waals surface area contributed by atoms with E-state index < -0.39 is 0 Å². The summed E-state index contributed by atoms with van der Waals surface area (Å²) >= 11 is 5.48. The highest BCUT2D eigenvalue weighted by atomic mass is 79.9. The number of hydrogen-bond donors (Lipinski definition) is 1. The van der Waals surface area contributed by atoms with Gasteiger partial charge in [-0.15, -0.1) is 11.8 Å². The van der Waals surface area contributed by atoms with Gasteiger partial charge < -0.3 is 5.73 Å². The minimum Gasteiger partial charge on any atom is -0.330 e. The van der Waals surface area contributed by atoms with Crippen molar-refractivity contribution in [1.29, 1.82) is 0 Å². The van der Waals surface area contributed by atoms with E-state index in [4.69, 9.17) is 5.73 Å². The number of fused-ring (bicyclic) bond motifs is 1. The lowest BCUT2D eigenvalue weighted by Crippen LogP contribution is -2.17. The smallest absolute Gasteiger partial charge is 0.0178 e. The number of rotatable bonds is 2. The molecule has 0 spiro atoms. The molecule has 1 aromatic carbocycles. The fourth-order valence-corrected chi connectivity index (χ4v) is 3.45. The quantitative estimate of drug-likeness (QED) is 0.895. The number of hydrogen-bond acceptors (Lipinski definition) is 2. The van der Waals surface area contributed by atoms with Crippen LogP contribution in [0.2, 0.25) is 0 Å². The molecule has 1 unspecified atom stereocenters. The van der Waals surface area contributed by atoms with Crippen molar-refractivity contribution in [3.05, 3.63) is 28.2 Å². The molecule has 0 aliphatic carbocycles. The molecule has 0 aromatic heterocycles. The topological polar surface area (TPSA) is 26.0 Å². The van der Waals surface area contributed by atoms with E-state index in [0.717, 1.165) is 18.9 Å². The Hall–Kier alpha value is 0.01000. The third-order valence-corrected chi connectivity index (χ3v) is 4.42. The Labute approximate surface area is 97.6 Å². The molecule has 1 atom stereocenters. The van der Waals surface area contributed by atoms with Gasteiger partial charge in [0.2, 0.25) is 0 Å². The fraction of sp³-hybridized carbons (Fsp3) is 0.455. The molecule has 76 valence electrons. The lowest BCUT2D eigenvalue weighted by Gasteiger charge is -2.23. The molecule has 0 fully saturated rings. The van der Waals surface area contributed by atoms with Gasteiger partial charge in [-0.3, -0.25) is 0 Å². The SMILES string of the molecule is NCCC1CSc2ccc(Br)cc2C1. The van der Waals surface area contributed by atoms with Crippen LogP contribution in [0.4, 0.5) is 0 Å². The van der Waals surface area contributed by atoms with Crippen molar-refractivity contribution in [2.24, 2.45) is 11.7 Å². The molecule has 0 saturated heterocycles. The average Bonchev–Trinajstić information content (AvgIpc) is 2.17. The molecular formula is C11H14BrNS. The van der Waals surface area contributed by atoms with Gasteiger partial charge in [0.15, 0.2) is 0 Å². The van der Waals surface area contributed by atoms with E-state index in [9.17, 15) is 0 Å². The van der Waals surface area contributed by atoms with Gasteiger partial charge in [0.1, 0.15) is 0 Å². The number of nitrogens with two attached hydrogens (primary N) is 1. The minimum atomic E-state index is 0.770. The van der Waals surface area contributed by atoms with E-state index >= 15 is 0 Å². The van der Waals surface area contributed by atoms with Crippen molar-refractivity contribution in [3.63, 3.8) is 0 Å². The van der Waals surface area contributed by atoms with Crippen LogP contribution in [0.1, 0.15) is 12.0 Å². The van der Waals surface area contributed by atoms with Crippen LogP contribution in [-0.2, 0) is 6.42 Å². The summed E-state index contributed by atoms with van der Waals surface area (Å²) in [4.78, 5) is 1.45. The standard InChI is InChI=1S/C11H14BrNS/c12-10-1-2-11-9(6-10)5-8(3-4-13)7-14-11/h1-2,6,8H,3-5,7,13H2. The highest BCUT2D eigenvalue weighted by Gasteiger charge is 2.18. The molecule has 2 N–H and O–H groups in total. The molecule has 14 heavy (non-hydrogen) atoms. The Morgan fingerprint density at radius 3 is 3.14 bits per heavy atom. The van der Waals surface area contributed by atoms with Crippen molar-refractivity contribution in [1.82, 2.24) is 0 Å². The van der Waals surface area contributed by atoms with Crippen LogP contribution in [0.5, 0.6) is 0 Å². The van der Waals surface area contributed by atoms with Crippen molar-refractivity contribution in [2.45, 2.75) is 17.7 Å². The van der Waals surface area contributed by atoms with Crippen LogP contribution in [0.3, 0.4) is 0 Å². The molecular weight excluding hydrogens is 258 g/mol. The lowest BCUT2D eigenvalue weighted by atomic mass is 9.97. The van der Waals surface area contributed by atoms with Crippen molar-refractivity contribution in [2.75, 3.05) is 12.3 Å². The molecule has 0 amide bonds. The van der Waals surface area contributed by atoms with E-state index in [1.54, 1.807) is 0 Å². The number of benzene rings is 1. The maximum absolute atomic E-state index is 5.59. The lowest BCUT2D eigenvalue weighted by molar-refractivity contribution is 0.536. The molecule has 0 radical (unpaired) electrons. The van der Waals surface area contributed by atoms with E-state index in [2.05, 4.69) is 34.1 Å². The highest BCUT2D eigenvalue weighted by Crippen LogP contribution is 2.35. The zero-order chi connectivity index (χ0) is 9.97. The minimum absolute atomic E-state index is 0.770. The predicted octanol–water partition coefficient (Wildman–Crippen LogP) is 3.06.